The number of nitrogens with one attached hydrogen (secondary N) is 1. The molecule has 0 saturated heterocycles. The molecule has 1 aliphatic rings. The quantitative estimate of drug-likeness (QED) is 0.896. The topological polar surface area (TPSA) is 24.9 Å². The summed E-state index contributed by atoms with van der Waals surface area (Å²) < 4.78 is 13.9. The molecule has 3 heteroatoms. The van der Waals surface area contributed by atoms with Gasteiger partial charge in [-0.3, -0.25) is 4.98 Å². The van der Waals surface area contributed by atoms with Crippen molar-refractivity contribution in [2.75, 3.05) is 6.54 Å². The van der Waals surface area contributed by atoms with Gasteiger partial charge >= 0.3 is 0 Å². The molecule has 0 radical (unpaired) electrons. The van der Waals surface area contributed by atoms with Gasteiger partial charge in [-0.15, -0.1) is 0 Å². The maximum atomic E-state index is 13.9. The lowest BCUT2D eigenvalue weighted by atomic mass is 9.75. The minimum Gasteiger partial charge on any atom is -0.312 e. The molecule has 0 amide bonds. The summed E-state index contributed by atoms with van der Waals surface area (Å²) >= 11 is 0. The SMILES string of the molecule is CC(C)(C)NCC1CCCCC1c1ccncc1F. The molecule has 2 atom stereocenters. The number of pyridine rings is 1. The van der Waals surface area contributed by atoms with Gasteiger partial charge in [-0.25, -0.2) is 4.39 Å². The monoisotopic (exact) mass is 264 g/mol. The Balaban J connectivity index is 2.10. The van der Waals surface area contributed by atoms with Crippen molar-refractivity contribution in [2.24, 2.45) is 5.92 Å². The second-order valence-electron chi connectivity index (χ2n) is 6.68. The van der Waals surface area contributed by atoms with E-state index in [4.69, 9.17) is 0 Å². The lowest BCUT2D eigenvalue weighted by Crippen LogP contribution is -2.41. The van der Waals surface area contributed by atoms with Gasteiger partial charge in [0.25, 0.3) is 0 Å². The van der Waals surface area contributed by atoms with Crippen LogP contribution in [0.25, 0.3) is 0 Å². The maximum absolute atomic E-state index is 13.9. The normalized spacial score (nSPS) is 24.4. The zero-order chi connectivity index (χ0) is 13.9. The van der Waals surface area contributed by atoms with Crippen LogP contribution in [-0.2, 0) is 0 Å². The number of halogens is 1. The summed E-state index contributed by atoms with van der Waals surface area (Å²) in [5.74, 6) is 0.728. The van der Waals surface area contributed by atoms with Gasteiger partial charge in [0.2, 0.25) is 0 Å². The fraction of sp³-hybridized carbons (Fsp3) is 0.688. The van der Waals surface area contributed by atoms with E-state index in [1.807, 2.05) is 6.07 Å². The van der Waals surface area contributed by atoms with E-state index in [1.165, 1.54) is 25.5 Å². The van der Waals surface area contributed by atoms with E-state index < -0.39 is 0 Å². The summed E-state index contributed by atoms with van der Waals surface area (Å²) in [5.41, 5.74) is 0.981. The lowest BCUT2D eigenvalue weighted by Gasteiger charge is -2.34. The molecule has 1 aromatic rings. The van der Waals surface area contributed by atoms with E-state index >= 15 is 0 Å². The maximum Gasteiger partial charge on any atom is 0.144 e. The second kappa shape index (κ2) is 6.00. The van der Waals surface area contributed by atoms with E-state index in [0.29, 0.717) is 11.8 Å². The average molecular weight is 264 g/mol. The molecule has 1 aliphatic carbocycles. The largest absolute Gasteiger partial charge is 0.312 e. The van der Waals surface area contributed by atoms with Crippen LogP contribution in [0.1, 0.15) is 57.9 Å². The molecule has 2 rings (SSSR count). The van der Waals surface area contributed by atoms with Crippen LogP contribution in [0.2, 0.25) is 0 Å². The number of hydrogen-bond acceptors (Lipinski definition) is 2. The number of hydrogen-bond donors (Lipinski definition) is 1. The van der Waals surface area contributed by atoms with Crippen molar-refractivity contribution >= 4 is 0 Å². The first kappa shape index (κ1) is 14.4. The molecule has 1 aromatic heterocycles. The Kier molecular flexibility index (Phi) is 4.56. The molecule has 0 aliphatic heterocycles. The Morgan fingerprint density at radius 1 is 1.32 bits per heavy atom. The highest BCUT2D eigenvalue weighted by atomic mass is 19.1. The fourth-order valence-electron chi connectivity index (χ4n) is 2.99. The Labute approximate surface area is 115 Å². The zero-order valence-corrected chi connectivity index (χ0v) is 12.2. The summed E-state index contributed by atoms with van der Waals surface area (Å²) in [6, 6.07) is 1.86. The molecule has 1 N–H and O–H groups in total. The van der Waals surface area contributed by atoms with Gasteiger partial charge in [-0.05, 0) is 63.6 Å². The lowest BCUT2D eigenvalue weighted by molar-refractivity contribution is 0.265. The third kappa shape index (κ3) is 4.00. The molecule has 106 valence electrons. The Morgan fingerprint density at radius 2 is 2.05 bits per heavy atom. The number of aromatic nitrogens is 1. The van der Waals surface area contributed by atoms with Crippen molar-refractivity contribution in [2.45, 2.75) is 57.9 Å². The van der Waals surface area contributed by atoms with Crippen LogP contribution in [0.4, 0.5) is 4.39 Å². The van der Waals surface area contributed by atoms with Crippen LogP contribution in [0.5, 0.6) is 0 Å². The van der Waals surface area contributed by atoms with Crippen LogP contribution in [0.3, 0.4) is 0 Å². The van der Waals surface area contributed by atoms with Crippen LogP contribution in [0.15, 0.2) is 18.5 Å². The second-order valence-corrected chi connectivity index (χ2v) is 6.68. The highest BCUT2D eigenvalue weighted by Crippen LogP contribution is 2.38. The molecule has 1 fully saturated rings. The van der Waals surface area contributed by atoms with Gasteiger partial charge in [-0.2, -0.15) is 0 Å². The van der Waals surface area contributed by atoms with Crippen molar-refractivity contribution in [3.05, 3.63) is 29.8 Å². The first-order chi connectivity index (χ1) is 8.97. The molecule has 19 heavy (non-hydrogen) atoms. The molecule has 1 heterocycles. The van der Waals surface area contributed by atoms with Crippen LogP contribution in [0, 0.1) is 11.7 Å². The van der Waals surface area contributed by atoms with Crippen LogP contribution in [-0.4, -0.2) is 17.1 Å². The molecule has 2 unspecified atom stereocenters. The van der Waals surface area contributed by atoms with Crippen molar-refractivity contribution in [1.82, 2.24) is 10.3 Å². The first-order valence-corrected chi connectivity index (χ1v) is 7.32. The van der Waals surface area contributed by atoms with E-state index in [9.17, 15) is 4.39 Å². The summed E-state index contributed by atoms with van der Waals surface area (Å²) in [6.07, 6.45) is 7.81. The molecule has 0 bridgehead atoms. The van der Waals surface area contributed by atoms with Gasteiger partial charge < -0.3 is 5.32 Å². The zero-order valence-electron chi connectivity index (χ0n) is 12.2. The number of nitrogens with zero attached hydrogens (tertiary/aromatic N) is 1. The minimum atomic E-state index is -0.143. The molecular formula is C16H25FN2. The predicted molar refractivity (Wildman–Crippen MR) is 76.6 cm³/mol. The molecule has 0 spiro atoms. The van der Waals surface area contributed by atoms with E-state index in [2.05, 4.69) is 31.1 Å². The van der Waals surface area contributed by atoms with Gasteiger partial charge in [0.15, 0.2) is 0 Å². The third-order valence-corrected chi connectivity index (χ3v) is 4.01. The Hall–Kier alpha value is -0.960. The Morgan fingerprint density at radius 3 is 2.74 bits per heavy atom. The van der Waals surface area contributed by atoms with Crippen molar-refractivity contribution in [1.29, 1.82) is 0 Å². The summed E-state index contributed by atoms with van der Waals surface area (Å²) in [7, 11) is 0. The molecule has 0 aromatic carbocycles. The molecule has 2 nitrogen and oxygen atoms in total. The summed E-state index contributed by atoms with van der Waals surface area (Å²) in [4.78, 5) is 3.86. The number of rotatable bonds is 3. The Bertz CT molecular complexity index is 411. The van der Waals surface area contributed by atoms with Crippen molar-refractivity contribution in [3.63, 3.8) is 0 Å². The summed E-state index contributed by atoms with van der Waals surface area (Å²) in [5, 5.41) is 3.57. The standard InChI is InChI=1S/C16H25FN2/c1-16(2,3)19-10-12-6-4-5-7-13(12)14-8-9-18-11-15(14)17/h8-9,11-13,19H,4-7,10H2,1-3H3. The highest BCUT2D eigenvalue weighted by Gasteiger charge is 2.29. The van der Waals surface area contributed by atoms with Gasteiger partial charge in [0.1, 0.15) is 5.82 Å². The predicted octanol–water partition coefficient (Wildman–Crippen LogP) is 3.88. The summed E-state index contributed by atoms with van der Waals surface area (Å²) in [6.45, 7) is 7.50. The van der Waals surface area contributed by atoms with Crippen LogP contribution < -0.4 is 5.32 Å². The van der Waals surface area contributed by atoms with E-state index in [1.54, 1.807) is 6.20 Å². The molecular weight excluding hydrogens is 239 g/mol. The smallest absolute Gasteiger partial charge is 0.144 e. The average Bonchev–Trinajstić information content (AvgIpc) is 2.37. The van der Waals surface area contributed by atoms with Crippen molar-refractivity contribution in [3.8, 4) is 0 Å². The minimum absolute atomic E-state index is 0.124. The molecule has 1 saturated carbocycles. The van der Waals surface area contributed by atoms with Gasteiger partial charge in [0, 0.05) is 11.7 Å². The van der Waals surface area contributed by atoms with Crippen molar-refractivity contribution < 1.29 is 4.39 Å². The van der Waals surface area contributed by atoms with Gasteiger partial charge in [-0.1, -0.05) is 12.8 Å². The fourth-order valence-corrected chi connectivity index (χ4v) is 2.99. The van der Waals surface area contributed by atoms with E-state index in [0.717, 1.165) is 18.5 Å². The van der Waals surface area contributed by atoms with Crippen LogP contribution >= 0.6 is 0 Å². The van der Waals surface area contributed by atoms with E-state index in [-0.39, 0.29) is 11.4 Å². The third-order valence-electron chi connectivity index (χ3n) is 4.01. The highest BCUT2D eigenvalue weighted by molar-refractivity contribution is 5.20. The van der Waals surface area contributed by atoms with Gasteiger partial charge in [0.05, 0.1) is 6.20 Å². The first-order valence-electron chi connectivity index (χ1n) is 7.32.